The minimum atomic E-state index is -0.360. The van der Waals surface area contributed by atoms with E-state index in [1.807, 2.05) is 0 Å². The summed E-state index contributed by atoms with van der Waals surface area (Å²) in [4.78, 5) is 0. The average molecular weight is 263 g/mol. The Bertz CT molecular complexity index is 584. The van der Waals surface area contributed by atoms with Gasteiger partial charge in [-0.15, -0.1) is 0 Å². The molecule has 2 aromatic rings. The van der Waals surface area contributed by atoms with Gasteiger partial charge in [-0.3, -0.25) is 0 Å². The lowest BCUT2D eigenvalue weighted by Crippen LogP contribution is -2.05. The zero-order valence-corrected chi connectivity index (χ0v) is 10.8. The molecule has 0 aliphatic rings. The summed E-state index contributed by atoms with van der Waals surface area (Å²) in [6, 6.07) is 8.93. The highest BCUT2D eigenvalue weighted by molar-refractivity contribution is 5.36. The number of hydrogen-bond donors (Lipinski definition) is 1. The Morgan fingerprint density at radius 1 is 1.05 bits per heavy atom. The third-order valence-electron chi connectivity index (χ3n) is 2.68. The fourth-order valence-electron chi connectivity index (χ4n) is 1.80. The summed E-state index contributed by atoms with van der Waals surface area (Å²) in [5.41, 5.74) is 1.28. The highest BCUT2D eigenvalue weighted by Crippen LogP contribution is 2.25. The maximum absolute atomic E-state index is 13.4. The number of aryl methyl sites for hydroxylation is 1. The van der Waals surface area contributed by atoms with Gasteiger partial charge in [-0.05, 0) is 55.4 Å². The third-order valence-corrected chi connectivity index (χ3v) is 2.68. The Balaban J connectivity index is 2.24. The number of halogens is 2. The van der Waals surface area contributed by atoms with Crippen LogP contribution in [-0.4, -0.2) is 7.05 Å². The Morgan fingerprint density at radius 3 is 2.53 bits per heavy atom. The molecule has 19 heavy (non-hydrogen) atoms. The number of benzene rings is 2. The summed E-state index contributed by atoms with van der Waals surface area (Å²) in [5.74, 6) is 0.236. The van der Waals surface area contributed by atoms with Crippen molar-refractivity contribution in [1.82, 2.24) is 5.32 Å². The van der Waals surface area contributed by atoms with E-state index in [1.54, 1.807) is 26.1 Å². The first-order chi connectivity index (χ1) is 9.08. The van der Waals surface area contributed by atoms with Crippen LogP contribution in [0, 0.1) is 18.6 Å². The van der Waals surface area contributed by atoms with Gasteiger partial charge in [0.05, 0.1) is 0 Å². The minimum Gasteiger partial charge on any atom is -0.457 e. The molecule has 0 bridgehead atoms. The van der Waals surface area contributed by atoms with Crippen LogP contribution < -0.4 is 10.1 Å². The van der Waals surface area contributed by atoms with Crippen LogP contribution in [-0.2, 0) is 6.54 Å². The molecular weight excluding hydrogens is 248 g/mol. The molecule has 0 radical (unpaired) electrons. The summed E-state index contributed by atoms with van der Waals surface area (Å²) in [6.07, 6.45) is 0. The van der Waals surface area contributed by atoms with Crippen LogP contribution in [0.2, 0.25) is 0 Å². The molecule has 4 heteroatoms. The molecule has 2 aromatic carbocycles. The van der Waals surface area contributed by atoms with Gasteiger partial charge < -0.3 is 10.1 Å². The van der Waals surface area contributed by atoms with Crippen LogP contribution in [0.25, 0.3) is 0 Å². The first kappa shape index (κ1) is 13.5. The van der Waals surface area contributed by atoms with Gasteiger partial charge in [-0.25, -0.2) is 8.78 Å². The van der Waals surface area contributed by atoms with Gasteiger partial charge in [0.25, 0.3) is 0 Å². The maximum atomic E-state index is 13.4. The van der Waals surface area contributed by atoms with Crippen LogP contribution in [0.1, 0.15) is 11.1 Å². The maximum Gasteiger partial charge on any atom is 0.130 e. The zero-order valence-electron chi connectivity index (χ0n) is 10.8. The van der Waals surface area contributed by atoms with Crippen molar-refractivity contribution in [2.45, 2.75) is 13.5 Å². The van der Waals surface area contributed by atoms with Gasteiger partial charge in [-0.2, -0.15) is 0 Å². The zero-order chi connectivity index (χ0) is 13.8. The van der Waals surface area contributed by atoms with Crippen molar-refractivity contribution in [3.05, 3.63) is 59.2 Å². The van der Waals surface area contributed by atoms with E-state index in [1.165, 1.54) is 24.3 Å². The summed E-state index contributed by atoms with van der Waals surface area (Å²) >= 11 is 0. The van der Waals surface area contributed by atoms with Crippen LogP contribution in [0.4, 0.5) is 8.78 Å². The van der Waals surface area contributed by atoms with Crippen LogP contribution >= 0.6 is 0 Å². The van der Waals surface area contributed by atoms with E-state index in [-0.39, 0.29) is 11.6 Å². The van der Waals surface area contributed by atoms with Crippen LogP contribution in [0.5, 0.6) is 11.5 Å². The predicted octanol–water partition coefficient (Wildman–Crippen LogP) is 3.78. The molecule has 0 heterocycles. The van der Waals surface area contributed by atoms with Crippen molar-refractivity contribution in [2.24, 2.45) is 0 Å². The Kier molecular flexibility index (Phi) is 4.12. The summed E-state index contributed by atoms with van der Waals surface area (Å²) in [5, 5.41) is 2.95. The van der Waals surface area contributed by atoms with E-state index in [0.717, 1.165) is 5.56 Å². The second-order valence-corrected chi connectivity index (χ2v) is 4.34. The minimum absolute atomic E-state index is 0.289. The fraction of sp³-hybridized carbons (Fsp3) is 0.200. The number of nitrogens with one attached hydrogen (secondary N) is 1. The molecule has 0 saturated heterocycles. The molecule has 0 aliphatic carbocycles. The van der Waals surface area contributed by atoms with E-state index in [2.05, 4.69) is 5.32 Å². The van der Waals surface area contributed by atoms with Gasteiger partial charge in [0, 0.05) is 12.6 Å². The molecule has 0 aliphatic heterocycles. The van der Waals surface area contributed by atoms with Gasteiger partial charge in [0.15, 0.2) is 0 Å². The van der Waals surface area contributed by atoms with Crippen molar-refractivity contribution in [3.63, 3.8) is 0 Å². The number of rotatable bonds is 4. The molecule has 0 amide bonds. The number of ether oxygens (including phenoxy) is 1. The van der Waals surface area contributed by atoms with Crippen molar-refractivity contribution in [2.75, 3.05) is 7.05 Å². The second-order valence-electron chi connectivity index (χ2n) is 4.34. The lowest BCUT2D eigenvalue weighted by atomic mass is 10.2. The third kappa shape index (κ3) is 3.51. The highest BCUT2D eigenvalue weighted by atomic mass is 19.1. The Morgan fingerprint density at radius 2 is 1.84 bits per heavy atom. The quantitative estimate of drug-likeness (QED) is 0.906. The SMILES string of the molecule is CNCc1cc(F)cc(Oc2ccc(F)c(C)c2)c1. The Labute approximate surface area is 111 Å². The van der Waals surface area contributed by atoms with Crippen molar-refractivity contribution in [1.29, 1.82) is 0 Å². The average Bonchev–Trinajstić information content (AvgIpc) is 2.33. The molecule has 0 unspecified atom stereocenters. The molecular formula is C15H15F2NO. The van der Waals surface area contributed by atoms with Crippen LogP contribution in [0.3, 0.4) is 0 Å². The van der Waals surface area contributed by atoms with E-state index < -0.39 is 0 Å². The first-order valence-electron chi connectivity index (χ1n) is 5.96. The topological polar surface area (TPSA) is 21.3 Å². The summed E-state index contributed by atoms with van der Waals surface area (Å²) < 4.78 is 32.1. The summed E-state index contributed by atoms with van der Waals surface area (Å²) in [6.45, 7) is 2.21. The van der Waals surface area contributed by atoms with Crippen LogP contribution in [0.15, 0.2) is 36.4 Å². The molecule has 0 aromatic heterocycles. The highest BCUT2D eigenvalue weighted by Gasteiger charge is 2.05. The lowest BCUT2D eigenvalue weighted by Gasteiger charge is -2.09. The van der Waals surface area contributed by atoms with E-state index >= 15 is 0 Å². The standard InChI is InChI=1S/C15H15F2NO/c1-10-5-13(3-4-15(10)17)19-14-7-11(9-18-2)6-12(16)8-14/h3-8,18H,9H2,1-2H3. The molecule has 2 nitrogen and oxygen atoms in total. The van der Waals surface area contributed by atoms with Gasteiger partial charge in [-0.1, -0.05) is 0 Å². The molecule has 100 valence electrons. The van der Waals surface area contributed by atoms with E-state index in [0.29, 0.717) is 23.6 Å². The largest absolute Gasteiger partial charge is 0.457 e. The predicted molar refractivity (Wildman–Crippen MR) is 70.4 cm³/mol. The molecule has 1 N–H and O–H groups in total. The second kappa shape index (κ2) is 5.80. The van der Waals surface area contributed by atoms with Crippen molar-refractivity contribution in [3.8, 4) is 11.5 Å². The fourth-order valence-corrected chi connectivity index (χ4v) is 1.80. The number of hydrogen-bond acceptors (Lipinski definition) is 2. The summed E-state index contributed by atoms with van der Waals surface area (Å²) in [7, 11) is 1.79. The molecule has 0 saturated carbocycles. The lowest BCUT2D eigenvalue weighted by molar-refractivity contribution is 0.472. The van der Waals surface area contributed by atoms with Crippen molar-refractivity contribution >= 4 is 0 Å². The van der Waals surface area contributed by atoms with E-state index in [4.69, 9.17) is 4.74 Å². The smallest absolute Gasteiger partial charge is 0.130 e. The first-order valence-corrected chi connectivity index (χ1v) is 5.96. The Hall–Kier alpha value is -1.94. The van der Waals surface area contributed by atoms with Gasteiger partial charge in [0.1, 0.15) is 23.1 Å². The molecule has 0 fully saturated rings. The molecule has 2 rings (SSSR count). The van der Waals surface area contributed by atoms with Gasteiger partial charge in [0.2, 0.25) is 0 Å². The normalized spacial score (nSPS) is 10.5. The van der Waals surface area contributed by atoms with Gasteiger partial charge >= 0.3 is 0 Å². The molecule has 0 atom stereocenters. The van der Waals surface area contributed by atoms with Crippen molar-refractivity contribution < 1.29 is 13.5 Å². The van der Waals surface area contributed by atoms with E-state index in [9.17, 15) is 8.78 Å². The monoisotopic (exact) mass is 263 g/mol. The molecule has 0 spiro atoms.